The van der Waals surface area contributed by atoms with Crippen LogP contribution in [0.3, 0.4) is 0 Å². The lowest BCUT2D eigenvalue weighted by molar-refractivity contribution is -0.125. The third kappa shape index (κ3) is 3.52. The van der Waals surface area contributed by atoms with E-state index in [4.69, 9.17) is 11.5 Å². The van der Waals surface area contributed by atoms with Crippen molar-refractivity contribution in [2.24, 2.45) is 11.7 Å². The van der Waals surface area contributed by atoms with E-state index < -0.39 is 6.10 Å². The van der Waals surface area contributed by atoms with Crippen molar-refractivity contribution in [2.75, 3.05) is 5.73 Å². The maximum absolute atomic E-state index is 11.8. The van der Waals surface area contributed by atoms with Crippen LogP contribution in [0.2, 0.25) is 0 Å². The van der Waals surface area contributed by atoms with Gasteiger partial charge in [0.25, 0.3) is 0 Å². The molecule has 1 saturated carbocycles. The van der Waals surface area contributed by atoms with Crippen LogP contribution >= 0.6 is 23.7 Å². The van der Waals surface area contributed by atoms with Crippen molar-refractivity contribution in [3.8, 4) is 0 Å². The fourth-order valence-electron chi connectivity index (χ4n) is 1.91. The first-order valence-electron chi connectivity index (χ1n) is 5.35. The summed E-state index contributed by atoms with van der Waals surface area (Å²) in [4.78, 5) is 11.8. The number of carbonyl (C=O) groups is 1. The van der Waals surface area contributed by atoms with Gasteiger partial charge >= 0.3 is 0 Å². The fourth-order valence-corrected chi connectivity index (χ4v) is 2.46. The number of nitrogens with one attached hydrogen (secondary N) is 1. The molecule has 0 aliphatic heterocycles. The molecule has 0 unspecified atom stereocenters. The number of aromatic nitrogens is 2. The molecule has 0 bridgehead atoms. The molecule has 1 heterocycles. The van der Waals surface area contributed by atoms with E-state index in [1.165, 1.54) is 11.3 Å². The number of anilines is 1. The van der Waals surface area contributed by atoms with Gasteiger partial charge in [-0.15, -0.1) is 22.6 Å². The fraction of sp³-hybridized carbons (Fsp3) is 0.667. The summed E-state index contributed by atoms with van der Waals surface area (Å²) in [5, 5.41) is 20.7. The van der Waals surface area contributed by atoms with Crippen molar-refractivity contribution in [3.63, 3.8) is 0 Å². The number of nitrogens with two attached hydrogens (primary N) is 2. The quantitative estimate of drug-likeness (QED) is 0.581. The van der Waals surface area contributed by atoms with Crippen LogP contribution in [0.15, 0.2) is 0 Å². The van der Waals surface area contributed by atoms with Crippen LogP contribution in [0.1, 0.15) is 17.8 Å². The summed E-state index contributed by atoms with van der Waals surface area (Å²) in [5.74, 6) is -0.323. The molecule has 1 fully saturated rings. The lowest BCUT2D eigenvalue weighted by Gasteiger charge is -2.08. The number of aliphatic hydroxyl groups is 1. The van der Waals surface area contributed by atoms with Crippen LogP contribution in [0, 0.1) is 5.92 Å². The first-order valence-corrected chi connectivity index (χ1v) is 6.17. The highest BCUT2D eigenvalue weighted by Gasteiger charge is 2.34. The van der Waals surface area contributed by atoms with Crippen molar-refractivity contribution in [1.29, 1.82) is 0 Å². The molecular formula is C9H16ClN5O2S. The Morgan fingerprint density at radius 1 is 1.50 bits per heavy atom. The van der Waals surface area contributed by atoms with Crippen molar-refractivity contribution in [2.45, 2.75) is 31.5 Å². The molecule has 0 spiro atoms. The molecule has 18 heavy (non-hydrogen) atoms. The van der Waals surface area contributed by atoms with Crippen LogP contribution in [0.5, 0.6) is 0 Å². The van der Waals surface area contributed by atoms with Gasteiger partial charge in [0, 0.05) is 12.0 Å². The van der Waals surface area contributed by atoms with Crippen molar-refractivity contribution >= 4 is 34.8 Å². The van der Waals surface area contributed by atoms with Crippen LogP contribution in [-0.4, -0.2) is 33.4 Å². The second-order valence-electron chi connectivity index (χ2n) is 4.15. The molecule has 1 aliphatic rings. The van der Waals surface area contributed by atoms with Crippen molar-refractivity contribution in [3.05, 3.63) is 5.01 Å². The number of hydrogen-bond donors (Lipinski definition) is 4. The summed E-state index contributed by atoms with van der Waals surface area (Å²) >= 11 is 1.24. The normalized spacial score (nSPS) is 26.7. The predicted molar refractivity (Wildman–Crippen MR) is 70.1 cm³/mol. The zero-order valence-corrected chi connectivity index (χ0v) is 11.2. The van der Waals surface area contributed by atoms with Gasteiger partial charge in [-0.3, -0.25) is 4.79 Å². The van der Waals surface area contributed by atoms with Crippen molar-refractivity contribution < 1.29 is 9.90 Å². The number of hydrogen-bond acceptors (Lipinski definition) is 7. The second kappa shape index (κ2) is 6.28. The van der Waals surface area contributed by atoms with Gasteiger partial charge < -0.3 is 21.9 Å². The number of halogens is 1. The highest BCUT2D eigenvalue weighted by Crippen LogP contribution is 2.24. The summed E-state index contributed by atoms with van der Waals surface area (Å²) in [7, 11) is 0. The smallest absolute Gasteiger partial charge is 0.223 e. The van der Waals surface area contributed by atoms with E-state index in [-0.39, 0.29) is 30.3 Å². The molecule has 102 valence electrons. The van der Waals surface area contributed by atoms with Crippen LogP contribution in [-0.2, 0) is 11.3 Å². The molecule has 2 rings (SSSR count). The lowest BCUT2D eigenvalue weighted by atomic mass is 10.1. The standard InChI is InChI=1S/C9H15N5O2S.ClH/c10-5-1-4(2-6(5)15)8(16)12-3-7-13-14-9(11)17-7;/h4-6,15H,1-3,10H2,(H2,11,14)(H,12,16);1H/t4-,5-,6-;/m0./s1. The average Bonchev–Trinajstić information content (AvgIpc) is 2.83. The average molecular weight is 294 g/mol. The van der Waals surface area contributed by atoms with Gasteiger partial charge in [-0.1, -0.05) is 11.3 Å². The first kappa shape index (κ1) is 15.1. The molecule has 9 heteroatoms. The molecule has 7 nitrogen and oxygen atoms in total. The monoisotopic (exact) mass is 293 g/mol. The molecule has 1 aromatic rings. The summed E-state index contributed by atoms with van der Waals surface area (Å²) in [5.41, 5.74) is 11.1. The lowest BCUT2D eigenvalue weighted by Crippen LogP contribution is -2.30. The number of nitrogens with zero attached hydrogens (tertiary/aromatic N) is 2. The number of amides is 1. The van der Waals surface area contributed by atoms with Crippen molar-refractivity contribution in [1.82, 2.24) is 15.5 Å². The summed E-state index contributed by atoms with van der Waals surface area (Å²) < 4.78 is 0. The minimum absolute atomic E-state index is 0. The molecule has 1 aromatic heterocycles. The van der Waals surface area contributed by atoms with Gasteiger partial charge in [-0.05, 0) is 12.8 Å². The third-order valence-corrected chi connectivity index (χ3v) is 3.60. The van der Waals surface area contributed by atoms with E-state index >= 15 is 0 Å². The Kier molecular flexibility index (Phi) is 5.27. The van der Waals surface area contributed by atoms with E-state index in [1.54, 1.807) is 0 Å². The van der Waals surface area contributed by atoms with Crippen LogP contribution in [0.25, 0.3) is 0 Å². The van der Waals surface area contributed by atoms with E-state index in [9.17, 15) is 9.90 Å². The van der Waals surface area contributed by atoms with Gasteiger partial charge in [-0.2, -0.15) is 0 Å². The Morgan fingerprint density at radius 3 is 2.72 bits per heavy atom. The molecule has 1 aliphatic carbocycles. The first-order chi connectivity index (χ1) is 8.06. The predicted octanol–water partition coefficient (Wildman–Crippen LogP) is -0.744. The summed E-state index contributed by atoms with van der Waals surface area (Å²) in [6, 6.07) is -0.303. The summed E-state index contributed by atoms with van der Waals surface area (Å²) in [6.45, 7) is 0.315. The zero-order chi connectivity index (χ0) is 12.4. The van der Waals surface area contributed by atoms with E-state index in [0.29, 0.717) is 29.5 Å². The Hall–Kier alpha value is -0.960. The van der Waals surface area contributed by atoms with Gasteiger partial charge in [0.2, 0.25) is 11.0 Å². The molecule has 0 saturated heterocycles. The zero-order valence-electron chi connectivity index (χ0n) is 9.57. The Bertz CT molecular complexity index is 405. The topological polar surface area (TPSA) is 127 Å². The number of carbonyl (C=O) groups excluding carboxylic acids is 1. The molecule has 0 aromatic carbocycles. The number of nitrogen functional groups attached to an aromatic ring is 1. The van der Waals surface area contributed by atoms with Crippen LogP contribution in [0.4, 0.5) is 5.13 Å². The van der Waals surface area contributed by atoms with E-state index in [2.05, 4.69) is 15.5 Å². The molecular weight excluding hydrogens is 278 g/mol. The number of rotatable bonds is 3. The Labute approximate surface area is 114 Å². The van der Waals surface area contributed by atoms with Gasteiger partial charge in [-0.25, -0.2) is 0 Å². The van der Waals surface area contributed by atoms with E-state index in [0.717, 1.165) is 0 Å². The third-order valence-electron chi connectivity index (χ3n) is 2.84. The largest absolute Gasteiger partial charge is 0.391 e. The second-order valence-corrected chi connectivity index (χ2v) is 5.25. The van der Waals surface area contributed by atoms with Gasteiger partial charge in [0.05, 0.1) is 12.6 Å². The Morgan fingerprint density at radius 2 is 2.22 bits per heavy atom. The summed E-state index contributed by atoms with van der Waals surface area (Å²) in [6.07, 6.45) is 0.360. The minimum atomic E-state index is -0.581. The maximum atomic E-state index is 11.8. The van der Waals surface area contributed by atoms with Crippen LogP contribution < -0.4 is 16.8 Å². The molecule has 0 radical (unpaired) electrons. The van der Waals surface area contributed by atoms with E-state index in [1.807, 2.05) is 0 Å². The highest BCUT2D eigenvalue weighted by atomic mass is 35.5. The Balaban J connectivity index is 0.00000162. The van der Waals surface area contributed by atoms with Gasteiger partial charge in [0.1, 0.15) is 5.01 Å². The maximum Gasteiger partial charge on any atom is 0.223 e. The molecule has 3 atom stereocenters. The SMILES string of the molecule is Cl.Nc1nnc(CNC(=O)[C@H]2C[C@H](N)[C@@H](O)C2)s1. The molecule has 1 amide bonds. The molecule has 6 N–H and O–H groups in total. The highest BCUT2D eigenvalue weighted by molar-refractivity contribution is 7.15. The van der Waals surface area contributed by atoms with Gasteiger partial charge in [0.15, 0.2) is 0 Å². The minimum Gasteiger partial charge on any atom is -0.391 e. The number of aliphatic hydroxyl groups excluding tert-OH is 1.